The number of hydrogen-bond acceptors (Lipinski definition) is 4. The molecular weight excluding hydrogens is 246 g/mol. The van der Waals surface area contributed by atoms with Crippen molar-refractivity contribution in [2.75, 3.05) is 26.2 Å². The van der Waals surface area contributed by atoms with Gasteiger partial charge in [-0.25, -0.2) is 0 Å². The van der Waals surface area contributed by atoms with Crippen LogP contribution in [0.4, 0.5) is 0 Å². The molecule has 0 saturated carbocycles. The highest BCUT2D eigenvalue weighted by atomic mass is 16.2. The Labute approximate surface area is 111 Å². The topological polar surface area (TPSA) is 70.5 Å². The van der Waals surface area contributed by atoms with E-state index in [4.69, 9.17) is 0 Å². The van der Waals surface area contributed by atoms with E-state index in [0.29, 0.717) is 19.6 Å². The summed E-state index contributed by atoms with van der Waals surface area (Å²) in [4.78, 5) is 27.4. The van der Waals surface area contributed by atoms with Gasteiger partial charge in [-0.3, -0.25) is 14.3 Å². The number of nitrogens with zero attached hydrogens (tertiary/aromatic N) is 4. The summed E-state index contributed by atoms with van der Waals surface area (Å²) in [5, 5.41) is 7.51. The molecule has 1 aromatic rings. The van der Waals surface area contributed by atoms with Gasteiger partial charge in [0.15, 0.2) is 0 Å². The van der Waals surface area contributed by atoms with Gasteiger partial charge in [-0.1, -0.05) is 0 Å². The Morgan fingerprint density at radius 3 is 3.00 bits per heavy atom. The fourth-order valence-electron chi connectivity index (χ4n) is 2.67. The molecular formula is C12H17N5O2. The number of aromatic nitrogens is 2. The summed E-state index contributed by atoms with van der Waals surface area (Å²) in [7, 11) is 1.83. The molecule has 2 aliphatic heterocycles. The molecule has 0 radical (unpaired) electrons. The predicted octanol–water partition coefficient (Wildman–Crippen LogP) is -1.44. The molecule has 102 valence electrons. The maximum atomic E-state index is 12.1. The molecule has 3 heterocycles. The number of fused-ring (bicyclic) bond motifs is 1. The van der Waals surface area contributed by atoms with Crippen LogP contribution >= 0.6 is 0 Å². The molecule has 1 unspecified atom stereocenters. The van der Waals surface area contributed by atoms with Gasteiger partial charge in [0.2, 0.25) is 0 Å². The second kappa shape index (κ2) is 4.65. The van der Waals surface area contributed by atoms with E-state index in [2.05, 4.69) is 10.4 Å². The predicted molar refractivity (Wildman–Crippen MR) is 67.0 cm³/mol. The SMILES string of the molecule is Cn1ccc(CN2CC3CNCCN3C(=O)C2=O)n1. The molecule has 19 heavy (non-hydrogen) atoms. The molecule has 2 saturated heterocycles. The second-order valence-corrected chi connectivity index (χ2v) is 5.02. The zero-order valence-corrected chi connectivity index (χ0v) is 10.9. The largest absolute Gasteiger partial charge is 0.327 e. The molecule has 2 fully saturated rings. The van der Waals surface area contributed by atoms with Crippen molar-refractivity contribution in [3.8, 4) is 0 Å². The number of carbonyl (C=O) groups excluding carboxylic acids is 2. The summed E-state index contributed by atoms with van der Waals surface area (Å²) >= 11 is 0. The lowest BCUT2D eigenvalue weighted by Crippen LogP contribution is -2.65. The van der Waals surface area contributed by atoms with E-state index >= 15 is 0 Å². The molecule has 0 aliphatic carbocycles. The van der Waals surface area contributed by atoms with Crippen LogP contribution < -0.4 is 5.32 Å². The van der Waals surface area contributed by atoms with Gasteiger partial charge >= 0.3 is 11.8 Å². The highest BCUT2D eigenvalue weighted by Gasteiger charge is 2.39. The minimum absolute atomic E-state index is 0.0858. The summed E-state index contributed by atoms with van der Waals surface area (Å²) in [5.74, 6) is -0.794. The smallest absolute Gasteiger partial charge is 0.312 e. The van der Waals surface area contributed by atoms with E-state index in [-0.39, 0.29) is 11.9 Å². The number of rotatable bonds is 2. The first-order chi connectivity index (χ1) is 9.15. The summed E-state index contributed by atoms with van der Waals surface area (Å²) in [6, 6.07) is 1.95. The minimum atomic E-state index is -0.413. The van der Waals surface area contributed by atoms with E-state index in [1.807, 2.05) is 19.3 Å². The number of hydrogen-bond donors (Lipinski definition) is 1. The molecule has 0 spiro atoms. The fourth-order valence-corrected chi connectivity index (χ4v) is 2.67. The van der Waals surface area contributed by atoms with E-state index in [1.54, 1.807) is 14.5 Å². The Kier molecular flexibility index (Phi) is 2.98. The lowest BCUT2D eigenvalue weighted by molar-refractivity contribution is -0.160. The molecule has 1 aromatic heterocycles. The van der Waals surface area contributed by atoms with Crippen molar-refractivity contribution in [2.45, 2.75) is 12.6 Å². The second-order valence-electron chi connectivity index (χ2n) is 5.02. The normalized spacial score (nSPS) is 23.7. The van der Waals surface area contributed by atoms with Gasteiger partial charge in [-0.05, 0) is 6.07 Å². The summed E-state index contributed by atoms with van der Waals surface area (Å²) in [6.45, 7) is 3.10. The highest BCUT2D eigenvalue weighted by molar-refractivity contribution is 6.35. The van der Waals surface area contributed by atoms with Crippen LogP contribution in [0.15, 0.2) is 12.3 Å². The van der Waals surface area contributed by atoms with Gasteiger partial charge in [0.1, 0.15) is 0 Å². The third-order valence-corrected chi connectivity index (χ3v) is 3.63. The van der Waals surface area contributed by atoms with Crippen molar-refractivity contribution in [3.63, 3.8) is 0 Å². The fraction of sp³-hybridized carbons (Fsp3) is 0.583. The van der Waals surface area contributed by atoms with Crippen molar-refractivity contribution in [1.29, 1.82) is 0 Å². The van der Waals surface area contributed by atoms with Crippen molar-refractivity contribution >= 4 is 11.8 Å². The van der Waals surface area contributed by atoms with Gasteiger partial charge < -0.3 is 15.1 Å². The van der Waals surface area contributed by atoms with Crippen molar-refractivity contribution < 1.29 is 9.59 Å². The first-order valence-corrected chi connectivity index (χ1v) is 6.44. The van der Waals surface area contributed by atoms with E-state index in [1.165, 1.54) is 0 Å². The van der Waals surface area contributed by atoms with Crippen LogP contribution in [-0.2, 0) is 23.2 Å². The average molecular weight is 263 g/mol. The zero-order valence-electron chi connectivity index (χ0n) is 10.9. The maximum absolute atomic E-state index is 12.1. The van der Waals surface area contributed by atoms with Gasteiger partial charge in [-0.15, -0.1) is 0 Å². The first-order valence-electron chi connectivity index (χ1n) is 6.44. The molecule has 3 rings (SSSR count). The van der Waals surface area contributed by atoms with Crippen LogP contribution in [0.2, 0.25) is 0 Å². The lowest BCUT2D eigenvalue weighted by atomic mass is 10.1. The summed E-state index contributed by atoms with van der Waals surface area (Å²) < 4.78 is 1.69. The van der Waals surface area contributed by atoms with E-state index in [9.17, 15) is 9.59 Å². The zero-order chi connectivity index (χ0) is 13.4. The number of nitrogens with one attached hydrogen (secondary N) is 1. The molecule has 7 heteroatoms. The molecule has 0 aromatic carbocycles. The monoisotopic (exact) mass is 263 g/mol. The third-order valence-electron chi connectivity index (χ3n) is 3.63. The van der Waals surface area contributed by atoms with Crippen LogP contribution in [0, 0.1) is 0 Å². The molecule has 1 atom stereocenters. The van der Waals surface area contributed by atoms with Crippen LogP contribution in [0.3, 0.4) is 0 Å². The lowest BCUT2D eigenvalue weighted by Gasteiger charge is -2.43. The highest BCUT2D eigenvalue weighted by Crippen LogP contribution is 2.15. The third kappa shape index (κ3) is 2.21. The number of aryl methyl sites for hydroxylation is 1. The van der Waals surface area contributed by atoms with Crippen molar-refractivity contribution in [1.82, 2.24) is 24.9 Å². The van der Waals surface area contributed by atoms with Crippen molar-refractivity contribution in [3.05, 3.63) is 18.0 Å². The number of carbonyl (C=O) groups is 2. The van der Waals surface area contributed by atoms with E-state index < -0.39 is 5.91 Å². The van der Waals surface area contributed by atoms with Crippen LogP contribution in [0.1, 0.15) is 5.69 Å². The first kappa shape index (κ1) is 12.2. The van der Waals surface area contributed by atoms with Crippen LogP contribution in [0.5, 0.6) is 0 Å². The van der Waals surface area contributed by atoms with Gasteiger partial charge in [0.05, 0.1) is 18.3 Å². The molecule has 2 amide bonds. The Morgan fingerprint density at radius 2 is 2.26 bits per heavy atom. The minimum Gasteiger partial charge on any atom is -0.327 e. The van der Waals surface area contributed by atoms with Crippen LogP contribution in [-0.4, -0.2) is 63.6 Å². The van der Waals surface area contributed by atoms with Crippen molar-refractivity contribution in [2.24, 2.45) is 7.05 Å². The maximum Gasteiger partial charge on any atom is 0.312 e. The Bertz CT molecular complexity index is 512. The number of amides is 2. The Morgan fingerprint density at radius 1 is 1.42 bits per heavy atom. The Hall–Kier alpha value is -1.89. The molecule has 2 aliphatic rings. The molecule has 1 N–H and O–H groups in total. The Balaban J connectivity index is 1.75. The number of piperazine rings is 2. The average Bonchev–Trinajstić information content (AvgIpc) is 2.81. The van der Waals surface area contributed by atoms with Gasteiger partial charge in [0.25, 0.3) is 0 Å². The molecule has 0 bridgehead atoms. The standard InChI is InChI=1S/C12H17N5O2/c1-15-4-2-9(14-15)7-16-8-10-6-13-3-5-17(10)12(19)11(16)18/h2,4,10,13H,3,5-8H2,1H3. The summed E-state index contributed by atoms with van der Waals surface area (Å²) in [6.07, 6.45) is 1.83. The summed E-state index contributed by atoms with van der Waals surface area (Å²) in [5.41, 5.74) is 0.806. The molecule has 7 nitrogen and oxygen atoms in total. The quantitative estimate of drug-likeness (QED) is 0.664. The van der Waals surface area contributed by atoms with E-state index in [0.717, 1.165) is 18.8 Å². The van der Waals surface area contributed by atoms with Gasteiger partial charge in [0, 0.05) is 39.4 Å². The van der Waals surface area contributed by atoms with Crippen LogP contribution in [0.25, 0.3) is 0 Å². The van der Waals surface area contributed by atoms with Gasteiger partial charge in [-0.2, -0.15) is 5.10 Å².